The lowest BCUT2D eigenvalue weighted by atomic mass is 10.0. The topological polar surface area (TPSA) is 81.0 Å². The maximum Gasteiger partial charge on any atom is 0.156 e. The molecule has 8 nitrogen and oxygen atoms in total. The molecular weight excluding hydrogens is 476 g/mol. The summed E-state index contributed by atoms with van der Waals surface area (Å²) in [5, 5.41) is 8.32. The first kappa shape index (κ1) is 23.2. The van der Waals surface area contributed by atoms with E-state index >= 15 is 4.39 Å². The summed E-state index contributed by atoms with van der Waals surface area (Å²) in [5.74, 6) is 0.355. The minimum atomic E-state index is -1.15. The molecule has 1 saturated heterocycles. The van der Waals surface area contributed by atoms with Gasteiger partial charge in [-0.05, 0) is 55.4 Å². The highest BCUT2D eigenvalue weighted by atomic mass is 19.1. The molecule has 10 heteroatoms. The average Bonchev–Trinajstić information content (AvgIpc) is 3.33. The summed E-state index contributed by atoms with van der Waals surface area (Å²) in [7, 11) is 3.73. The highest BCUT2D eigenvalue weighted by molar-refractivity contribution is 5.99. The third-order valence-electron chi connectivity index (χ3n) is 6.68. The van der Waals surface area contributed by atoms with Crippen molar-refractivity contribution < 1.29 is 13.5 Å². The van der Waals surface area contributed by atoms with Crippen LogP contribution in [0, 0.1) is 5.82 Å². The number of rotatable bonds is 5. The molecule has 1 aliphatic heterocycles. The van der Waals surface area contributed by atoms with E-state index in [0.29, 0.717) is 46.3 Å². The molecule has 0 aliphatic carbocycles. The molecule has 0 radical (unpaired) electrons. The summed E-state index contributed by atoms with van der Waals surface area (Å²) in [5.41, 5.74) is 3.08. The van der Waals surface area contributed by atoms with Gasteiger partial charge in [-0.2, -0.15) is 5.10 Å². The van der Waals surface area contributed by atoms with Gasteiger partial charge in [0.25, 0.3) is 0 Å². The molecule has 1 aliphatic rings. The lowest BCUT2D eigenvalue weighted by molar-refractivity contribution is 0.0323. The lowest BCUT2D eigenvalue weighted by Crippen LogP contribution is -2.45. The van der Waals surface area contributed by atoms with Crippen LogP contribution in [0.3, 0.4) is 0 Å². The Hall–Kier alpha value is -4.18. The average molecular weight is 502 g/mol. The van der Waals surface area contributed by atoms with Crippen LogP contribution in [0.2, 0.25) is 0 Å². The minimum Gasteiger partial charge on any atom is -0.486 e. The fourth-order valence-corrected chi connectivity index (χ4v) is 4.75. The predicted molar refractivity (Wildman–Crippen MR) is 138 cm³/mol. The monoisotopic (exact) mass is 501 g/mol. The molecule has 0 amide bonds. The quantitative estimate of drug-likeness (QED) is 0.368. The van der Waals surface area contributed by atoms with Gasteiger partial charge < -0.3 is 15.0 Å². The number of aromatic nitrogens is 5. The van der Waals surface area contributed by atoms with Crippen LogP contribution in [0.4, 0.5) is 20.3 Å². The highest BCUT2D eigenvalue weighted by Crippen LogP contribution is 2.38. The Balaban J connectivity index is 1.47. The van der Waals surface area contributed by atoms with Crippen LogP contribution < -0.4 is 10.1 Å². The molecule has 2 aromatic carbocycles. The Labute approximate surface area is 211 Å². The molecule has 37 heavy (non-hydrogen) atoms. The number of hydrogen-bond acceptors (Lipinski definition) is 7. The molecule has 0 bridgehead atoms. The van der Waals surface area contributed by atoms with Gasteiger partial charge in [0.05, 0.1) is 28.3 Å². The number of alkyl halides is 1. The Bertz CT molecular complexity index is 1610. The van der Waals surface area contributed by atoms with Crippen molar-refractivity contribution in [2.45, 2.75) is 18.7 Å². The number of ether oxygens (including phenoxy) is 1. The van der Waals surface area contributed by atoms with Crippen molar-refractivity contribution in [2.24, 2.45) is 7.05 Å². The van der Waals surface area contributed by atoms with Gasteiger partial charge in [0, 0.05) is 43.5 Å². The molecule has 1 N–H and O–H groups in total. The standard InChI is InChI=1S/C27H25F2N7O/c1-35-9-7-23(19(28)14-35)37-24-11-16(17-12-33-36(2)13-17)10-22-25(24)27(32-15-31-22)34-21-6-5-20-18(26(21)29)4-3-8-30-20/h3-6,8,10-13,15,19,23H,7,9,14H2,1-2H3,(H,31,32,34). The Morgan fingerprint density at radius 1 is 1.05 bits per heavy atom. The zero-order valence-electron chi connectivity index (χ0n) is 20.4. The van der Waals surface area contributed by atoms with E-state index in [1.807, 2.05) is 37.3 Å². The number of aryl methyl sites for hydroxylation is 1. The number of benzene rings is 2. The molecule has 1 fully saturated rings. The zero-order chi connectivity index (χ0) is 25.5. The number of pyridine rings is 1. The van der Waals surface area contributed by atoms with E-state index in [-0.39, 0.29) is 5.69 Å². The van der Waals surface area contributed by atoms with Crippen molar-refractivity contribution in [3.63, 3.8) is 0 Å². The van der Waals surface area contributed by atoms with Crippen molar-refractivity contribution in [3.05, 3.63) is 67.1 Å². The van der Waals surface area contributed by atoms with E-state index < -0.39 is 18.1 Å². The van der Waals surface area contributed by atoms with Crippen LogP contribution in [-0.2, 0) is 7.05 Å². The van der Waals surface area contributed by atoms with Crippen molar-refractivity contribution in [3.8, 4) is 16.9 Å². The van der Waals surface area contributed by atoms with Crippen LogP contribution >= 0.6 is 0 Å². The molecule has 5 aromatic rings. The summed E-state index contributed by atoms with van der Waals surface area (Å²) >= 11 is 0. The smallest absolute Gasteiger partial charge is 0.156 e. The molecule has 4 heterocycles. The first-order valence-corrected chi connectivity index (χ1v) is 12.0. The maximum atomic E-state index is 15.4. The van der Waals surface area contributed by atoms with Crippen LogP contribution in [0.5, 0.6) is 5.75 Å². The molecule has 6 rings (SSSR count). The molecule has 3 aromatic heterocycles. The van der Waals surface area contributed by atoms with E-state index in [9.17, 15) is 4.39 Å². The molecule has 0 saturated carbocycles. The fraction of sp³-hybridized carbons (Fsp3) is 0.259. The van der Waals surface area contributed by atoms with Gasteiger partial charge in [-0.15, -0.1) is 0 Å². The lowest BCUT2D eigenvalue weighted by Gasteiger charge is -2.32. The summed E-state index contributed by atoms with van der Waals surface area (Å²) in [4.78, 5) is 15.0. The van der Waals surface area contributed by atoms with Gasteiger partial charge in [0.2, 0.25) is 0 Å². The molecule has 2 atom stereocenters. The van der Waals surface area contributed by atoms with E-state index in [0.717, 1.165) is 17.7 Å². The number of anilines is 2. The third-order valence-corrected chi connectivity index (χ3v) is 6.68. The van der Waals surface area contributed by atoms with Crippen LogP contribution in [0.25, 0.3) is 32.9 Å². The maximum absolute atomic E-state index is 15.4. The first-order chi connectivity index (χ1) is 18.0. The van der Waals surface area contributed by atoms with Gasteiger partial charge in [-0.3, -0.25) is 9.67 Å². The summed E-state index contributed by atoms with van der Waals surface area (Å²) in [6.45, 7) is 1.02. The van der Waals surface area contributed by atoms with Crippen LogP contribution in [-0.4, -0.2) is 62.0 Å². The molecule has 0 spiro atoms. The number of fused-ring (bicyclic) bond motifs is 2. The Morgan fingerprint density at radius 3 is 2.76 bits per heavy atom. The molecular formula is C27H25F2N7O. The highest BCUT2D eigenvalue weighted by Gasteiger charge is 2.30. The van der Waals surface area contributed by atoms with Gasteiger partial charge in [-0.1, -0.05) is 0 Å². The van der Waals surface area contributed by atoms with E-state index in [2.05, 4.69) is 25.4 Å². The number of nitrogens with one attached hydrogen (secondary N) is 1. The van der Waals surface area contributed by atoms with Gasteiger partial charge in [0.1, 0.15) is 30.2 Å². The normalized spacial score (nSPS) is 18.4. The Morgan fingerprint density at radius 2 is 1.95 bits per heavy atom. The van der Waals surface area contributed by atoms with E-state index in [4.69, 9.17) is 4.74 Å². The SMILES string of the molecule is CN1CCC(Oc2cc(-c3cnn(C)c3)cc3ncnc(Nc4ccc5ncccc5c4F)c23)C(F)C1. The second-order valence-electron chi connectivity index (χ2n) is 9.34. The number of halogens is 2. The second-order valence-corrected chi connectivity index (χ2v) is 9.34. The fourth-order valence-electron chi connectivity index (χ4n) is 4.75. The third kappa shape index (κ3) is 4.44. The van der Waals surface area contributed by atoms with E-state index in [1.165, 1.54) is 6.33 Å². The second kappa shape index (κ2) is 9.36. The van der Waals surface area contributed by atoms with Gasteiger partial charge in [-0.25, -0.2) is 18.7 Å². The van der Waals surface area contributed by atoms with E-state index in [1.54, 1.807) is 41.3 Å². The first-order valence-electron chi connectivity index (χ1n) is 12.0. The number of hydrogen-bond donors (Lipinski definition) is 1. The van der Waals surface area contributed by atoms with Crippen LogP contribution in [0.15, 0.2) is 61.3 Å². The van der Waals surface area contributed by atoms with Crippen molar-refractivity contribution in [2.75, 3.05) is 25.5 Å². The summed E-state index contributed by atoms with van der Waals surface area (Å²) in [6.07, 6.45) is 5.43. The van der Waals surface area contributed by atoms with Crippen molar-refractivity contribution in [1.29, 1.82) is 0 Å². The number of piperidine rings is 1. The zero-order valence-corrected chi connectivity index (χ0v) is 20.4. The summed E-state index contributed by atoms with van der Waals surface area (Å²) < 4.78 is 38.4. The largest absolute Gasteiger partial charge is 0.486 e. The number of likely N-dealkylation sites (tertiary alicyclic amines) is 1. The van der Waals surface area contributed by atoms with Gasteiger partial charge in [0.15, 0.2) is 5.82 Å². The molecule has 2 unspecified atom stereocenters. The Kier molecular flexibility index (Phi) is 5.88. The van der Waals surface area contributed by atoms with Crippen molar-refractivity contribution >= 4 is 33.3 Å². The van der Waals surface area contributed by atoms with Gasteiger partial charge >= 0.3 is 0 Å². The van der Waals surface area contributed by atoms with Crippen LogP contribution in [0.1, 0.15) is 6.42 Å². The predicted octanol–water partition coefficient (Wildman–Crippen LogP) is 4.88. The minimum absolute atomic E-state index is 0.241. The van der Waals surface area contributed by atoms with Crippen molar-refractivity contribution in [1.82, 2.24) is 29.6 Å². The molecule has 188 valence electrons. The number of nitrogens with zero attached hydrogens (tertiary/aromatic N) is 6. The summed E-state index contributed by atoms with van der Waals surface area (Å²) in [6, 6.07) is 10.5.